The number of aromatic nitrogens is 1. The van der Waals surface area contributed by atoms with Gasteiger partial charge in [0.05, 0.1) is 11.1 Å². The predicted octanol–water partition coefficient (Wildman–Crippen LogP) is 1.32. The molecule has 0 aliphatic carbocycles. The summed E-state index contributed by atoms with van der Waals surface area (Å²) in [6.07, 6.45) is -4.64. The van der Waals surface area contributed by atoms with Crippen LogP contribution in [-0.2, 0) is 17.5 Å². The number of aryl methyl sites for hydroxylation is 1. The number of fused-ring (bicyclic) bond motifs is 1. The summed E-state index contributed by atoms with van der Waals surface area (Å²) in [5.74, 6) is 4.30. The fraction of sp³-hybridized carbons (Fsp3) is 0.231. The van der Waals surface area contributed by atoms with Crippen LogP contribution in [0.2, 0.25) is 0 Å². The number of amides is 1. The van der Waals surface area contributed by atoms with Gasteiger partial charge in [0.2, 0.25) is 0 Å². The van der Waals surface area contributed by atoms with Gasteiger partial charge in [0, 0.05) is 17.1 Å². The zero-order chi connectivity index (χ0) is 15.8. The Labute approximate surface area is 117 Å². The molecule has 1 aromatic heterocycles. The Bertz CT molecular complexity index is 766. The molecule has 0 aliphatic heterocycles. The molecule has 0 radical (unpaired) electrons. The Morgan fingerprint density at radius 2 is 2.05 bits per heavy atom. The highest BCUT2D eigenvalue weighted by Crippen LogP contribution is 2.34. The quantitative estimate of drug-likeness (QED) is 0.499. The van der Waals surface area contributed by atoms with Gasteiger partial charge in [0.1, 0.15) is 6.54 Å². The van der Waals surface area contributed by atoms with Crippen LogP contribution in [0.3, 0.4) is 0 Å². The van der Waals surface area contributed by atoms with Gasteiger partial charge in [-0.25, -0.2) is 5.84 Å². The van der Waals surface area contributed by atoms with Crippen molar-refractivity contribution in [2.24, 2.45) is 5.84 Å². The summed E-state index contributed by atoms with van der Waals surface area (Å²) >= 11 is 0. The SMILES string of the molecule is Cc1cc(=O)c2cccc(C(F)(F)F)c2n1CC(=O)NN. The maximum absolute atomic E-state index is 13.1. The van der Waals surface area contributed by atoms with Crippen molar-refractivity contribution in [2.75, 3.05) is 0 Å². The minimum absolute atomic E-state index is 0.0970. The van der Waals surface area contributed by atoms with Crippen LogP contribution in [0.4, 0.5) is 13.2 Å². The largest absolute Gasteiger partial charge is 0.418 e. The van der Waals surface area contributed by atoms with Crippen molar-refractivity contribution >= 4 is 16.8 Å². The van der Waals surface area contributed by atoms with E-state index in [2.05, 4.69) is 0 Å². The topological polar surface area (TPSA) is 77.1 Å². The number of hydrogen-bond acceptors (Lipinski definition) is 3. The monoisotopic (exact) mass is 299 g/mol. The Morgan fingerprint density at radius 3 is 2.62 bits per heavy atom. The lowest BCUT2D eigenvalue weighted by atomic mass is 10.1. The molecule has 0 spiro atoms. The maximum Gasteiger partial charge on any atom is 0.418 e. The van der Waals surface area contributed by atoms with Crippen molar-refractivity contribution in [1.82, 2.24) is 9.99 Å². The highest BCUT2D eigenvalue weighted by molar-refractivity contribution is 5.85. The molecule has 0 aliphatic rings. The number of carbonyl (C=O) groups is 1. The maximum atomic E-state index is 13.1. The molecule has 0 bridgehead atoms. The number of benzene rings is 1. The smallest absolute Gasteiger partial charge is 0.335 e. The normalized spacial score (nSPS) is 11.7. The molecular formula is C13H12F3N3O2. The molecule has 1 heterocycles. The molecule has 0 atom stereocenters. The highest BCUT2D eigenvalue weighted by Gasteiger charge is 2.34. The van der Waals surface area contributed by atoms with Gasteiger partial charge in [-0.2, -0.15) is 13.2 Å². The van der Waals surface area contributed by atoms with Gasteiger partial charge in [-0.05, 0) is 19.1 Å². The van der Waals surface area contributed by atoms with E-state index in [0.717, 1.165) is 16.7 Å². The van der Waals surface area contributed by atoms with Crippen LogP contribution in [0.15, 0.2) is 29.1 Å². The second-order valence-electron chi connectivity index (χ2n) is 4.50. The van der Waals surface area contributed by atoms with E-state index >= 15 is 0 Å². The summed E-state index contributed by atoms with van der Waals surface area (Å²) in [5, 5.41) is -0.0970. The van der Waals surface area contributed by atoms with Crippen molar-refractivity contribution in [1.29, 1.82) is 0 Å². The van der Waals surface area contributed by atoms with Gasteiger partial charge in [0.25, 0.3) is 5.91 Å². The molecule has 112 valence electrons. The molecule has 21 heavy (non-hydrogen) atoms. The highest BCUT2D eigenvalue weighted by atomic mass is 19.4. The molecule has 0 saturated heterocycles. The number of alkyl halides is 3. The summed E-state index contributed by atoms with van der Waals surface area (Å²) in [4.78, 5) is 23.3. The van der Waals surface area contributed by atoms with Gasteiger partial charge in [-0.15, -0.1) is 0 Å². The first-order chi connectivity index (χ1) is 9.75. The minimum Gasteiger partial charge on any atom is -0.335 e. The Balaban J connectivity index is 2.89. The molecular weight excluding hydrogens is 287 g/mol. The second-order valence-corrected chi connectivity index (χ2v) is 4.50. The molecule has 2 rings (SSSR count). The van der Waals surface area contributed by atoms with Gasteiger partial charge >= 0.3 is 6.18 Å². The first kappa shape index (κ1) is 15.0. The van der Waals surface area contributed by atoms with Crippen LogP contribution in [0.25, 0.3) is 10.9 Å². The fourth-order valence-electron chi connectivity index (χ4n) is 2.18. The first-order valence-electron chi connectivity index (χ1n) is 5.95. The number of nitrogens with two attached hydrogens (primary N) is 1. The van der Waals surface area contributed by atoms with Crippen molar-refractivity contribution in [3.05, 3.63) is 45.7 Å². The van der Waals surface area contributed by atoms with Gasteiger partial charge in [0.15, 0.2) is 5.43 Å². The summed E-state index contributed by atoms with van der Waals surface area (Å²) in [5.41, 5.74) is 0.285. The Hall–Kier alpha value is -2.35. The second kappa shape index (κ2) is 5.21. The van der Waals surface area contributed by atoms with E-state index < -0.39 is 29.6 Å². The zero-order valence-corrected chi connectivity index (χ0v) is 11.0. The van der Waals surface area contributed by atoms with Crippen LogP contribution in [0, 0.1) is 6.92 Å². The number of para-hydroxylation sites is 1. The minimum atomic E-state index is -4.64. The van der Waals surface area contributed by atoms with Gasteiger partial charge in [-0.3, -0.25) is 15.0 Å². The van der Waals surface area contributed by atoms with Crippen LogP contribution >= 0.6 is 0 Å². The number of nitrogens with zero attached hydrogens (tertiary/aromatic N) is 1. The van der Waals surface area contributed by atoms with E-state index in [1.807, 2.05) is 5.43 Å². The Morgan fingerprint density at radius 1 is 1.38 bits per heavy atom. The van der Waals surface area contributed by atoms with E-state index in [9.17, 15) is 22.8 Å². The first-order valence-corrected chi connectivity index (χ1v) is 5.95. The molecule has 0 unspecified atom stereocenters. The van der Waals surface area contributed by atoms with Crippen LogP contribution < -0.4 is 16.7 Å². The lowest BCUT2D eigenvalue weighted by Crippen LogP contribution is -2.34. The third kappa shape index (κ3) is 2.75. The van der Waals surface area contributed by atoms with E-state index in [0.29, 0.717) is 0 Å². The lowest BCUT2D eigenvalue weighted by Gasteiger charge is -2.18. The van der Waals surface area contributed by atoms with Gasteiger partial charge < -0.3 is 4.57 Å². The number of nitrogens with one attached hydrogen (secondary N) is 1. The number of hydrogen-bond donors (Lipinski definition) is 2. The van der Waals surface area contributed by atoms with Crippen molar-refractivity contribution < 1.29 is 18.0 Å². The van der Waals surface area contributed by atoms with E-state index in [1.165, 1.54) is 19.1 Å². The molecule has 5 nitrogen and oxygen atoms in total. The average molecular weight is 299 g/mol. The van der Waals surface area contributed by atoms with Crippen LogP contribution in [0.1, 0.15) is 11.3 Å². The number of carbonyl (C=O) groups excluding carboxylic acids is 1. The third-order valence-electron chi connectivity index (χ3n) is 3.11. The van der Waals surface area contributed by atoms with E-state index in [-0.39, 0.29) is 16.6 Å². The predicted molar refractivity (Wildman–Crippen MR) is 70.3 cm³/mol. The molecule has 0 fully saturated rings. The fourth-order valence-corrected chi connectivity index (χ4v) is 2.18. The summed E-state index contributed by atoms with van der Waals surface area (Å²) < 4.78 is 40.5. The molecule has 1 amide bonds. The summed E-state index contributed by atoms with van der Waals surface area (Å²) in [7, 11) is 0. The van der Waals surface area contributed by atoms with E-state index in [4.69, 9.17) is 5.84 Å². The van der Waals surface area contributed by atoms with Crippen molar-refractivity contribution in [3.8, 4) is 0 Å². The molecule has 2 aromatic rings. The molecule has 0 saturated carbocycles. The number of rotatable bonds is 2. The van der Waals surface area contributed by atoms with E-state index in [1.54, 1.807) is 0 Å². The summed E-state index contributed by atoms with van der Waals surface area (Å²) in [6, 6.07) is 4.52. The lowest BCUT2D eigenvalue weighted by molar-refractivity contribution is -0.136. The van der Waals surface area contributed by atoms with Crippen molar-refractivity contribution in [2.45, 2.75) is 19.6 Å². The molecule has 1 aromatic carbocycles. The number of hydrazine groups is 1. The number of halogens is 3. The van der Waals surface area contributed by atoms with Crippen LogP contribution in [0.5, 0.6) is 0 Å². The number of pyridine rings is 1. The van der Waals surface area contributed by atoms with Crippen LogP contribution in [-0.4, -0.2) is 10.5 Å². The third-order valence-corrected chi connectivity index (χ3v) is 3.11. The summed E-state index contributed by atoms with van der Waals surface area (Å²) in [6.45, 7) is 1.05. The zero-order valence-electron chi connectivity index (χ0n) is 11.0. The van der Waals surface area contributed by atoms with Gasteiger partial charge in [-0.1, -0.05) is 6.07 Å². The average Bonchev–Trinajstić information content (AvgIpc) is 2.41. The van der Waals surface area contributed by atoms with Crippen molar-refractivity contribution in [3.63, 3.8) is 0 Å². The standard InChI is InChI=1S/C13H12F3N3O2/c1-7-5-10(20)8-3-2-4-9(13(14,15)16)12(8)19(7)6-11(21)18-17/h2-5H,6,17H2,1H3,(H,18,21). The molecule has 8 heteroatoms. The molecule has 3 N–H and O–H groups in total. The Kier molecular flexibility index (Phi) is 3.73.